The maximum atomic E-state index is 9.16. The zero-order chi connectivity index (χ0) is 13.7. The van der Waals surface area contributed by atoms with E-state index in [-0.39, 0.29) is 11.4 Å². The highest BCUT2D eigenvalue weighted by atomic mass is 35.5. The van der Waals surface area contributed by atoms with Crippen molar-refractivity contribution in [3.8, 4) is 5.95 Å². The number of halogens is 1. The molecule has 0 aliphatic heterocycles. The van der Waals surface area contributed by atoms with E-state index in [9.17, 15) is 0 Å². The molecule has 2 rings (SSSR count). The largest absolute Gasteiger partial charge is 0.393 e. The van der Waals surface area contributed by atoms with E-state index in [0.717, 1.165) is 12.8 Å². The Hall–Kier alpha value is -1.73. The van der Waals surface area contributed by atoms with Gasteiger partial charge < -0.3 is 10.4 Å². The smallest absolute Gasteiger partial charge is 0.256 e. The monoisotopic (exact) mass is 282 g/mol. The molecule has 7 nitrogen and oxygen atoms in total. The van der Waals surface area contributed by atoms with Crippen molar-refractivity contribution in [1.82, 2.24) is 24.7 Å². The van der Waals surface area contributed by atoms with Crippen LogP contribution in [0.2, 0.25) is 5.28 Å². The Kier molecular flexibility index (Phi) is 4.64. The second-order valence-corrected chi connectivity index (χ2v) is 4.43. The lowest BCUT2D eigenvalue weighted by Gasteiger charge is -2.07. The summed E-state index contributed by atoms with van der Waals surface area (Å²) in [6.07, 6.45) is 4.59. The molecule has 8 heteroatoms. The number of nitrogens with zero attached hydrogens (tertiary/aromatic N) is 5. The van der Waals surface area contributed by atoms with Crippen molar-refractivity contribution in [2.45, 2.75) is 25.9 Å². The molecule has 0 fully saturated rings. The van der Waals surface area contributed by atoms with Crippen molar-refractivity contribution in [2.75, 3.05) is 11.9 Å². The van der Waals surface area contributed by atoms with Crippen molar-refractivity contribution in [2.24, 2.45) is 0 Å². The molecule has 2 N–H and O–H groups in total. The van der Waals surface area contributed by atoms with E-state index in [1.54, 1.807) is 25.4 Å². The van der Waals surface area contributed by atoms with E-state index < -0.39 is 0 Å². The standard InChI is InChI=1S/C11H15ClN6O/c1-8(19)4-2-5-13-10-15-9(12)16-11(17-10)18-7-3-6-14-18/h3,6-8,19H,2,4-5H2,1H3,(H,13,15,16,17). The zero-order valence-electron chi connectivity index (χ0n) is 10.5. The van der Waals surface area contributed by atoms with Gasteiger partial charge in [-0.3, -0.25) is 0 Å². The van der Waals surface area contributed by atoms with Gasteiger partial charge in [-0.15, -0.1) is 0 Å². The molecule has 19 heavy (non-hydrogen) atoms. The van der Waals surface area contributed by atoms with E-state index in [2.05, 4.69) is 25.4 Å². The van der Waals surface area contributed by atoms with Gasteiger partial charge in [0.1, 0.15) is 0 Å². The summed E-state index contributed by atoms with van der Waals surface area (Å²) in [6.45, 7) is 2.42. The summed E-state index contributed by atoms with van der Waals surface area (Å²) >= 11 is 5.85. The molecule has 0 aliphatic carbocycles. The topological polar surface area (TPSA) is 88.8 Å². The Balaban J connectivity index is 2.01. The predicted molar refractivity (Wildman–Crippen MR) is 71.4 cm³/mol. The minimum absolute atomic E-state index is 0.110. The maximum absolute atomic E-state index is 9.16. The molecule has 1 unspecified atom stereocenters. The molecule has 0 saturated carbocycles. The molecule has 2 heterocycles. The van der Waals surface area contributed by atoms with Gasteiger partial charge in [0.15, 0.2) is 0 Å². The minimum atomic E-state index is -0.302. The minimum Gasteiger partial charge on any atom is -0.393 e. The highest BCUT2D eigenvalue weighted by Crippen LogP contribution is 2.09. The summed E-state index contributed by atoms with van der Waals surface area (Å²) in [5, 5.41) is 16.3. The van der Waals surface area contributed by atoms with Crippen LogP contribution in [0.25, 0.3) is 5.95 Å². The Morgan fingerprint density at radius 3 is 2.95 bits per heavy atom. The SMILES string of the molecule is CC(O)CCCNc1nc(Cl)nc(-n2cccn2)n1. The van der Waals surface area contributed by atoms with Crippen LogP contribution in [-0.2, 0) is 0 Å². The number of aliphatic hydroxyl groups excluding tert-OH is 1. The van der Waals surface area contributed by atoms with Crippen LogP contribution in [0.3, 0.4) is 0 Å². The Bertz CT molecular complexity index is 516. The van der Waals surface area contributed by atoms with E-state index in [1.807, 2.05) is 0 Å². The molecule has 0 spiro atoms. The van der Waals surface area contributed by atoms with Gasteiger partial charge in [0, 0.05) is 18.9 Å². The second kappa shape index (κ2) is 6.44. The number of aliphatic hydroxyl groups is 1. The highest BCUT2D eigenvalue weighted by Gasteiger charge is 2.06. The fourth-order valence-corrected chi connectivity index (χ4v) is 1.66. The van der Waals surface area contributed by atoms with E-state index in [0.29, 0.717) is 18.4 Å². The van der Waals surface area contributed by atoms with Crippen LogP contribution in [0.1, 0.15) is 19.8 Å². The average Bonchev–Trinajstić information content (AvgIpc) is 2.87. The van der Waals surface area contributed by atoms with E-state index in [4.69, 9.17) is 16.7 Å². The van der Waals surface area contributed by atoms with Crippen LogP contribution >= 0.6 is 11.6 Å². The molecule has 0 aromatic carbocycles. The van der Waals surface area contributed by atoms with Crippen LogP contribution in [0.5, 0.6) is 0 Å². The summed E-state index contributed by atoms with van der Waals surface area (Å²) in [7, 11) is 0. The predicted octanol–water partition coefficient (Wildman–Crippen LogP) is 1.28. The first-order chi connectivity index (χ1) is 9.15. The normalized spacial score (nSPS) is 12.4. The fourth-order valence-electron chi connectivity index (χ4n) is 1.51. The van der Waals surface area contributed by atoms with Crippen LogP contribution in [0.15, 0.2) is 18.5 Å². The van der Waals surface area contributed by atoms with Crippen LogP contribution in [-0.4, -0.2) is 42.5 Å². The number of anilines is 1. The average molecular weight is 283 g/mol. The third-order valence-corrected chi connectivity index (χ3v) is 2.56. The van der Waals surface area contributed by atoms with Crippen LogP contribution in [0.4, 0.5) is 5.95 Å². The van der Waals surface area contributed by atoms with Gasteiger partial charge in [0.05, 0.1) is 6.10 Å². The maximum Gasteiger partial charge on any atom is 0.256 e. The summed E-state index contributed by atoms with van der Waals surface area (Å²) in [6, 6.07) is 1.77. The molecule has 2 aromatic heterocycles. The third kappa shape index (κ3) is 4.15. The quantitative estimate of drug-likeness (QED) is 0.776. The Labute approximate surface area is 115 Å². The van der Waals surface area contributed by atoms with Gasteiger partial charge in [-0.2, -0.15) is 20.1 Å². The molecule has 0 aliphatic rings. The highest BCUT2D eigenvalue weighted by molar-refractivity contribution is 6.28. The first-order valence-corrected chi connectivity index (χ1v) is 6.36. The number of aromatic nitrogens is 5. The Morgan fingerprint density at radius 1 is 1.42 bits per heavy atom. The van der Waals surface area contributed by atoms with Crippen molar-refractivity contribution in [3.05, 3.63) is 23.7 Å². The molecule has 0 saturated heterocycles. The molecule has 102 valence electrons. The van der Waals surface area contributed by atoms with E-state index in [1.165, 1.54) is 4.68 Å². The lowest BCUT2D eigenvalue weighted by atomic mass is 10.2. The van der Waals surface area contributed by atoms with Crippen molar-refractivity contribution >= 4 is 17.5 Å². The summed E-state index contributed by atoms with van der Waals surface area (Å²) in [5.41, 5.74) is 0. The van der Waals surface area contributed by atoms with E-state index >= 15 is 0 Å². The lowest BCUT2D eigenvalue weighted by Crippen LogP contribution is -2.11. The van der Waals surface area contributed by atoms with Gasteiger partial charge in [0.25, 0.3) is 5.95 Å². The molecule has 0 radical (unpaired) electrons. The van der Waals surface area contributed by atoms with Gasteiger partial charge in [-0.25, -0.2) is 4.68 Å². The van der Waals surface area contributed by atoms with Gasteiger partial charge in [0.2, 0.25) is 11.2 Å². The summed E-state index contributed by atoms with van der Waals surface area (Å²) in [4.78, 5) is 12.2. The van der Waals surface area contributed by atoms with Crippen LogP contribution in [0, 0.1) is 0 Å². The first-order valence-electron chi connectivity index (χ1n) is 5.98. The van der Waals surface area contributed by atoms with Gasteiger partial charge >= 0.3 is 0 Å². The van der Waals surface area contributed by atoms with Gasteiger partial charge in [-0.1, -0.05) is 0 Å². The lowest BCUT2D eigenvalue weighted by molar-refractivity contribution is 0.183. The third-order valence-electron chi connectivity index (χ3n) is 2.39. The summed E-state index contributed by atoms with van der Waals surface area (Å²) in [5.74, 6) is 0.763. The zero-order valence-corrected chi connectivity index (χ0v) is 11.2. The van der Waals surface area contributed by atoms with Crippen LogP contribution < -0.4 is 5.32 Å². The van der Waals surface area contributed by atoms with Crippen molar-refractivity contribution in [3.63, 3.8) is 0 Å². The molecule has 2 aromatic rings. The Morgan fingerprint density at radius 2 is 2.26 bits per heavy atom. The number of nitrogens with one attached hydrogen (secondary N) is 1. The molecular weight excluding hydrogens is 268 g/mol. The fraction of sp³-hybridized carbons (Fsp3) is 0.455. The first kappa shape index (κ1) is 13.7. The number of rotatable bonds is 6. The molecule has 0 bridgehead atoms. The second-order valence-electron chi connectivity index (χ2n) is 4.10. The molecule has 1 atom stereocenters. The van der Waals surface area contributed by atoms with Crippen molar-refractivity contribution in [1.29, 1.82) is 0 Å². The van der Waals surface area contributed by atoms with Crippen molar-refractivity contribution < 1.29 is 5.11 Å². The summed E-state index contributed by atoms with van der Waals surface area (Å²) < 4.78 is 1.51. The molecular formula is C11H15ClN6O. The number of hydrogen-bond acceptors (Lipinski definition) is 6. The molecule has 0 amide bonds. The number of hydrogen-bond donors (Lipinski definition) is 2. The van der Waals surface area contributed by atoms with Gasteiger partial charge in [-0.05, 0) is 37.4 Å².